The molecule has 2 rings (SSSR count). The Bertz CT molecular complexity index is 361. The molecule has 2 N–H and O–H groups in total. The van der Waals surface area contributed by atoms with E-state index >= 15 is 0 Å². The number of hydrogen-bond acceptors (Lipinski definition) is 2. The summed E-state index contributed by atoms with van der Waals surface area (Å²) in [6.45, 7) is 3.25. The lowest BCUT2D eigenvalue weighted by Crippen LogP contribution is -2.48. The van der Waals surface area contributed by atoms with Crippen LogP contribution in [0.15, 0.2) is 24.3 Å². The molecule has 1 aliphatic rings. The number of nitrogens with one attached hydrogen (secondary N) is 1. The van der Waals surface area contributed by atoms with Crippen LogP contribution in [-0.4, -0.2) is 23.8 Å². The minimum atomic E-state index is -0.226. The van der Waals surface area contributed by atoms with Crippen molar-refractivity contribution >= 4 is 11.6 Å². The molecule has 0 bridgehead atoms. The topological polar surface area (TPSA) is 32.3 Å². The van der Waals surface area contributed by atoms with Crippen LogP contribution in [0.25, 0.3) is 0 Å². The van der Waals surface area contributed by atoms with Crippen LogP contribution < -0.4 is 5.32 Å². The molecule has 1 atom stereocenters. The van der Waals surface area contributed by atoms with Gasteiger partial charge >= 0.3 is 0 Å². The predicted octanol–water partition coefficient (Wildman–Crippen LogP) is 2.63. The first kappa shape index (κ1) is 12.9. The van der Waals surface area contributed by atoms with Gasteiger partial charge in [0.2, 0.25) is 0 Å². The van der Waals surface area contributed by atoms with Gasteiger partial charge < -0.3 is 10.4 Å². The summed E-state index contributed by atoms with van der Waals surface area (Å²) < 4.78 is 0. The number of rotatable bonds is 6. The quantitative estimate of drug-likeness (QED) is 0.817. The lowest BCUT2D eigenvalue weighted by Gasteiger charge is -2.29. The monoisotopic (exact) mass is 253 g/mol. The Kier molecular flexibility index (Phi) is 4.08. The fourth-order valence-electron chi connectivity index (χ4n) is 1.94. The minimum Gasteiger partial charge on any atom is -0.394 e. The summed E-state index contributed by atoms with van der Waals surface area (Å²) in [4.78, 5) is 0. The molecule has 1 aromatic carbocycles. The van der Waals surface area contributed by atoms with Crippen molar-refractivity contribution in [1.29, 1.82) is 0 Å². The molecule has 3 heteroatoms. The molecule has 94 valence electrons. The van der Waals surface area contributed by atoms with Gasteiger partial charge in [-0.05, 0) is 56.3 Å². The predicted molar refractivity (Wildman–Crippen MR) is 71.4 cm³/mol. The van der Waals surface area contributed by atoms with Crippen LogP contribution in [0.2, 0.25) is 5.02 Å². The standard InChI is InChI=1S/C14H20ClNO/c1-14(10-17,16-9-12-2-3-12)8-11-4-6-13(15)7-5-11/h4-7,12,16-17H,2-3,8-10H2,1H3. The number of aliphatic hydroxyl groups excluding tert-OH is 1. The molecule has 0 amide bonds. The summed E-state index contributed by atoms with van der Waals surface area (Å²) in [6, 6.07) is 7.84. The summed E-state index contributed by atoms with van der Waals surface area (Å²) in [7, 11) is 0. The largest absolute Gasteiger partial charge is 0.394 e. The van der Waals surface area contributed by atoms with Gasteiger partial charge in [-0.2, -0.15) is 0 Å². The molecule has 0 radical (unpaired) electrons. The Morgan fingerprint density at radius 1 is 1.35 bits per heavy atom. The summed E-state index contributed by atoms with van der Waals surface area (Å²) >= 11 is 5.86. The van der Waals surface area contributed by atoms with Crippen LogP contribution in [0.4, 0.5) is 0 Å². The van der Waals surface area contributed by atoms with Crippen LogP contribution in [0.5, 0.6) is 0 Å². The first-order chi connectivity index (χ1) is 8.11. The highest BCUT2D eigenvalue weighted by Gasteiger charge is 2.28. The average molecular weight is 254 g/mol. The number of benzene rings is 1. The van der Waals surface area contributed by atoms with Gasteiger partial charge in [0, 0.05) is 10.6 Å². The zero-order valence-electron chi connectivity index (χ0n) is 10.2. The van der Waals surface area contributed by atoms with Gasteiger partial charge in [0.1, 0.15) is 0 Å². The van der Waals surface area contributed by atoms with E-state index in [1.165, 1.54) is 18.4 Å². The van der Waals surface area contributed by atoms with Gasteiger partial charge in [-0.15, -0.1) is 0 Å². The maximum absolute atomic E-state index is 9.55. The third-order valence-corrected chi connectivity index (χ3v) is 3.62. The van der Waals surface area contributed by atoms with Crippen molar-refractivity contribution in [3.63, 3.8) is 0 Å². The van der Waals surface area contributed by atoms with E-state index in [0.717, 1.165) is 23.9 Å². The molecule has 2 nitrogen and oxygen atoms in total. The number of aliphatic hydroxyl groups is 1. The average Bonchev–Trinajstić information content (AvgIpc) is 3.14. The van der Waals surface area contributed by atoms with Crippen LogP contribution in [-0.2, 0) is 6.42 Å². The molecule has 1 fully saturated rings. The summed E-state index contributed by atoms with van der Waals surface area (Å²) in [5.41, 5.74) is 0.977. The fourth-order valence-corrected chi connectivity index (χ4v) is 2.07. The summed E-state index contributed by atoms with van der Waals surface area (Å²) in [6.07, 6.45) is 3.48. The van der Waals surface area contributed by atoms with Gasteiger partial charge in [-0.3, -0.25) is 0 Å². The molecule has 0 aromatic heterocycles. The van der Waals surface area contributed by atoms with Crippen LogP contribution >= 0.6 is 11.6 Å². The first-order valence-corrected chi connectivity index (χ1v) is 6.59. The lowest BCUT2D eigenvalue weighted by molar-refractivity contribution is 0.172. The van der Waals surface area contributed by atoms with Crippen molar-refractivity contribution in [2.24, 2.45) is 5.92 Å². The second-order valence-corrected chi connectivity index (χ2v) is 5.78. The van der Waals surface area contributed by atoms with Crippen molar-refractivity contribution in [3.05, 3.63) is 34.9 Å². The van der Waals surface area contributed by atoms with Crippen molar-refractivity contribution in [2.45, 2.75) is 31.7 Å². The molecule has 1 saturated carbocycles. The van der Waals surface area contributed by atoms with E-state index < -0.39 is 0 Å². The van der Waals surface area contributed by atoms with E-state index in [1.807, 2.05) is 24.3 Å². The zero-order chi connectivity index (χ0) is 12.3. The summed E-state index contributed by atoms with van der Waals surface area (Å²) in [5, 5.41) is 13.8. The summed E-state index contributed by atoms with van der Waals surface area (Å²) in [5.74, 6) is 0.825. The maximum atomic E-state index is 9.55. The number of hydrogen-bond donors (Lipinski definition) is 2. The maximum Gasteiger partial charge on any atom is 0.0613 e. The lowest BCUT2D eigenvalue weighted by atomic mass is 9.93. The van der Waals surface area contributed by atoms with E-state index in [2.05, 4.69) is 12.2 Å². The third-order valence-electron chi connectivity index (χ3n) is 3.37. The Morgan fingerprint density at radius 2 is 2.00 bits per heavy atom. The van der Waals surface area contributed by atoms with E-state index in [9.17, 15) is 5.11 Å². The second kappa shape index (κ2) is 5.38. The van der Waals surface area contributed by atoms with Crippen LogP contribution in [0.1, 0.15) is 25.3 Å². The van der Waals surface area contributed by atoms with Crippen LogP contribution in [0.3, 0.4) is 0 Å². The molecule has 0 aliphatic heterocycles. The fraction of sp³-hybridized carbons (Fsp3) is 0.571. The van der Waals surface area contributed by atoms with E-state index in [4.69, 9.17) is 11.6 Å². The highest BCUT2D eigenvalue weighted by Crippen LogP contribution is 2.28. The third kappa shape index (κ3) is 3.98. The molecule has 1 unspecified atom stereocenters. The molecular weight excluding hydrogens is 234 g/mol. The molecule has 0 saturated heterocycles. The Morgan fingerprint density at radius 3 is 2.53 bits per heavy atom. The highest BCUT2D eigenvalue weighted by atomic mass is 35.5. The van der Waals surface area contributed by atoms with Crippen molar-refractivity contribution in [1.82, 2.24) is 5.32 Å². The van der Waals surface area contributed by atoms with Crippen molar-refractivity contribution < 1.29 is 5.11 Å². The Labute approximate surface area is 108 Å². The Balaban J connectivity index is 1.94. The van der Waals surface area contributed by atoms with Gasteiger partial charge in [-0.25, -0.2) is 0 Å². The van der Waals surface area contributed by atoms with Gasteiger partial charge in [0.05, 0.1) is 6.61 Å². The van der Waals surface area contributed by atoms with Crippen molar-refractivity contribution in [2.75, 3.05) is 13.2 Å². The van der Waals surface area contributed by atoms with E-state index in [0.29, 0.717) is 0 Å². The molecule has 0 heterocycles. The molecule has 0 spiro atoms. The SMILES string of the molecule is CC(CO)(Cc1ccc(Cl)cc1)NCC1CC1. The van der Waals surface area contributed by atoms with E-state index in [1.54, 1.807) is 0 Å². The van der Waals surface area contributed by atoms with Gasteiger partial charge in [0.25, 0.3) is 0 Å². The molecule has 1 aromatic rings. The zero-order valence-corrected chi connectivity index (χ0v) is 11.0. The normalized spacial score (nSPS) is 19.0. The minimum absolute atomic E-state index is 0.155. The van der Waals surface area contributed by atoms with Gasteiger partial charge in [-0.1, -0.05) is 23.7 Å². The molecule has 1 aliphatic carbocycles. The van der Waals surface area contributed by atoms with Gasteiger partial charge in [0.15, 0.2) is 0 Å². The Hall–Kier alpha value is -0.570. The first-order valence-electron chi connectivity index (χ1n) is 6.22. The highest BCUT2D eigenvalue weighted by molar-refractivity contribution is 6.30. The molecular formula is C14H20ClNO. The molecule has 17 heavy (non-hydrogen) atoms. The van der Waals surface area contributed by atoms with Crippen molar-refractivity contribution in [3.8, 4) is 0 Å². The van der Waals surface area contributed by atoms with E-state index in [-0.39, 0.29) is 12.1 Å². The second-order valence-electron chi connectivity index (χ2n) is 5.35. The van der Waals surface area contributed by atoms with Crippen LogP contribution in [0, 0.1) is 5.92 Å². The number of halogens is 1. The smallest absolute Gasteiger partial charge is 0.0613 e.